The summed E-state index contributed by atoms with van der Waals surface area (Å²) in [5, 5.41) is 0. The van der Waals surface area contributed by atoms with E-state index in [0.29, 0.717) is 43.9 Å². The normalized spacial score (nSPS) is 14.0. The van der Waals surface area contributed by atoms with Crippen LogP contribution >= 0.6 is 0 Å². The van der Waals surface area contributed by atoms with Gasteiger partial charge in [0.15, 0.2) is 0 Å². The van der Waals surface area contributed by atoms with Crippen LogP contribution in [0.25, 0.3) is 0 Å². The molecule has 31 heavy (non-hydrogen) atoms. The van der Waals surface area contributed by atoms with Crippen LogP contribution in [0, 0.1) is 0 Å². The summed E-state index contributed by atoms with van der Waals surface area (Å²) >= 11 is 0. The lowest BCUT2D eigenvalue weighted by Crippen LogP contribution is -2.31. The zero-order valence-electron chi connectivity index (χ0n) is 16.9. The highest BCUT2D eigenvalue weighted by atomic mass is 19.4. The number of rotatable bonds is 5. The van der Waals surface area contributed by atoms with Gasteiger partial charge in [-0.15, -0.1) is 0 Å². The fourth-order valence-corrected chi connectivity index (χ4v) is 3.67. The number of aryl methyl sites for hydroxylation is 2. The Bertz CT molecular complexity index is 1050. The number of ether oxygens (including phenoxy) is 1. The minimum atomic E-state index is -4.33. The first kappa shape index (κ1) is 21.0. The summed E-state index contributed by atoms with van der Waals surface area (Å²) in [5.74, 6) is 0.492. The third-order valence-corrected chi connectivity index (χ3v) is 5.38. The van der Waals surface area contributed by atoms with Gasteiger partial charge >= 0.3 is 6.18 Å². The van der Waals surface area contributed by atoms with Gasteiger partial charge in [0.1, 0.15) is 12.4 Å². The molecule has 1 amide bonds. The molecule has 1 aliphatic heterocycles. The van der Waals surface area contributed by atoms with Crippen molar-refractivity contribution in [1.82, 2.24) is 4.90 Å². The molecular weight excluding hydrogens is 403 g/mol. The summed E-state index contributed by atoms with van der Waals surface area (Å²) in [6.07, 6.45) is -3.13. The van der Waals surface area contributed by atoms with E-state index in [0.717, 1.165) is 28.8 Å². The van der Waals surface area contributed by atoms with E-state index in [-0.39, 0.29) is 5.91 Å². The second-order valence-electron chi connectivity index (χ2n) is 7.59. The fourth-order valence-electron chi connectivity index (χ4n) is 3.67. The molecule has 0 unspecified atom stereocenters. The van der Waals surface area contributed by atoms with Gasteiger partial charge < -0.3 is 9.64 Å². The number of fused-ring (bicyclic) bond motifs is 1. The summed E-state index contributed by atoms with van der Waals surface area (Å²) in [6.45, 7) is 1.44. The molecule has 0 spiro atoms. The lowest BCUT2D eigenvalue weighted by Gasteiger charge is -2.20. The summed E-state index contributed by atoms with van der Waals surface area (Å²) < 4.78 is 43.9. The first-order chi connectivity index (χ1) is 14.9. The highest BCUT2D eigenvalue weighted by Gasteiger charge is 2.30. The second kappa shape index (κ2) is 8.84. The predicted octanol–water partition coefficient (Wildman–Crippen LogP) is 5.53. The van der Waals surface area contributed by atoms with Gasteiger partial charge in [-0.05, 0) is 53.8 Å². The molecule has 1 heterocycles. The van der Waals surface area contributed by atoms with E-state index in [4.69, 9.17) is 4.74 Å². The Morgan fingerprint density at radius 1 is 0.839 bits per heavy atom. The summed E-state index contributed by atoms with van der Waals surface area (Å²) in [6, 6.07) is 20.6. The van der Waals surface area contributed by atoms with Crippen molar-refractivity contribution in [3.05, 3.63) is 101 Å². The molecular formula is C25H22F3NO2. The average molecular weight is 425 g/mol. The Hall–Kier alpha value is -3.28. The van der Waals surface area contributed by atoms with Gasteiger partial charge in [-0.25, -0.2) is 0 Å². The van der Waals surface area contributed by atoms with E-state index in [9.17, 15) is 18.0 Å². The molecule has 0 radical (unpaired) electrons. The minimum Gasteiger partial charge on any atom is -0.491 e. The Labute approximate surface area is 179 Å². The van der Waals surface area contributed by atoms with Crippen molar-refractivity contribution in [2.75, 3.05) is 13.2 Å². The number of nitrogens with zero attached hydrogens (tertiary/aromatic N) is 1. The maximum absolute atomic E-state index is 13.1. The van der Waals surface area contributed by atoms with Crippen LogP contribution < -0.4 is 4.74 Å². The Balaban J connectivity index is 1.47. The Kier molecular flexibility index (Phi) is 5.98. The number of carbonyl (C=O) groups excluding carboxylic acids is 1. The van der Waals surface area contributed by atoms with Crippen LogP contribution in [-0.4, -0.2) is 24.0 Å². The molecule has 0 N–H and O–H groups in total. The van der Waals surface area contributed by atoms with Gasteiger partial charge in [0.05, 0.1) is 17.7 Å². The van der Waals surface area contributed by atoms with Crippen LogP contribution in [-0.2, 0) is 25.6 Å². The van der Waals surface area contributed by atoms with Gasteiger partial charge in [-0.3, -0.25) is 4.79 Å². The van der Waals surface area contributed by atoms with Gasteiger partial charge in [-0.1, -0.05) is 48.5 Å². The number of hydrogen-bond acceptors (Lipinski definition) is 2. The molecule has 3 aromatic rings. The first-order valence-corrected chi connectivity index (χ1v) is 10.2. The second-order valence-corrected chi connectivity index (χ2v) is 7.59. The van der Waals surface area contributed by atoms with Crippen LogP contribution in [0.4, 0.5) is 13.2 Å². The SMILES string of the molecule is O=C1c2cc(CCc3ccc(C(F)(F)F)cc3)ccc2OCCN1Cc1ccccc1. The largest absolute Gasteiger partial charge is 0.491 e. The predicted molar refractivity (Wildman–Crippen MR) is 112 cm³/mol. The monoisotopic (exact) mass is 425 g/mol. The van der Waals surface area contributed by atoms with Gasteiger partial charge in [0.2, 0.25) is 0 Å². The summed E-state index contributed by atoms with van der Waals surface area (Å²) in [7, 11) is 0. The molecule has 3 aromatic carbocycles. The van der Waals surface area contributed by atoms with Crippen molar-refractivity contribution in [2.45, 2.75) is 25.6 Å². The average Bonchev–Trinajstić information content (AvgIpc) is 2.91. The van der Waals surface area contributed by atoms with Crippen molar-refractivity contribution in [3.8, 4) is 5.75 Å². The van der Waals surface area contributed by atoms with Gasteiger partial charge in [0.25, 0.3) is 5.91 Å². The molecule has 0 bridgehead atoms. The molecule has 160 valence electrons. The van der Waals surface area contributed by atoms with E-state index >= 15 is 0 Å². The third kappa shape index (κ3) is 5.08. The number of amides is 1. The number of halogens is 3. The molecule has 3 nitrogen and oxygen atoms in total. The first-order valence-electron chi connectivity index (χ1n) is 10.2. The lowest BCUT2D eigenvalue weighted by atomic mass is 10.0. The highest BCUT2D eigenvalue weighted by molar-refractivity contribution is 5.97. The van der Waals surface area contributed by atoms with E-state index in [1.54, 1.807) is 11.0 Å². The maximum atomic E-state index is 13.1. The molecule has 0 atom stereocenters. The molecule has 4 rings (SSSR count). The van der Waals surface area contributed by atoms with Crippen LogP contribution in [0.1, 0.15) is 32.6 Å². The van der Waals surface area contributed by atoms with E-state index < -0.39 is 11.7 Å². The van der Waals surface area contributed by atoms with Crippen LogP contribution in [0.3, 0.4) is 0 Å². The van der Waals surface area contributed by atoms with Crippen molar-refractivity contribution >= 4 is 5.91 Å². The zero-order valence-corrected chi connectivity index (χ0v) is 16.9. The maximum Gasteiger partial charge on any atom is 0.416 e. The Morgan fingerprint density at radius 2 is 1.52 bits per heavy atom. The number of hydrogen-bond donors (Lipinski definition) is 0. The molecule has 0 fully saturated rings. The van der Waals surface area contributed by atoms with Gasteiger partial charge in [-0.2, -0.15) is 13.2 Å². The number of benzene rings is 3. The number of alkyl halides is 3. The topological polar surface area (TPSA) is 29.5 Å². The quantitative estimate of drug-likeness (QED) is 0.538. The molecule has 0 aliphatic carbocycles. The highest BCUT2D eigenvalue weighted by Crippen LogP contribution is 2.30. The molecule has 1 aliphatic rings. The van der Waals surface area contributed by atoms with Crippen LogP contribution in [0.2, 0.25) is 0 Å². The molecule has 6 heteroatoms. The third-order valence-electron chi connectivity index (χ3n) is 5.38. The summed E-state index contributed by atoms with van der Waals surface area (Å²) in [4.78, 5) is 14.9. The smallest absolute Gasteiger partial charge is 0.416 e. The number of carbonyl (C=O) groups is 1. The summed E-state index contributed by atoms with van der Waals surface area (Å²) in [5.41, 5.74) is 2.69. The van der Waals surface area contributed by atoms with Gasteiger partial charge in [0, 0.05) is 6.54 Å². The fraction of sp³-hybridized carbons (Fsp3) is 0.240. The van der Waals surface area contributed by atoms with Crippen molar-refractivity contribution < 1.29 is 22.7 Å². The van der Waals surface area contributed by atoms with E-state index in [1.807, 2.05) is 42.5 Å². The van der Waals surface area contributed by atoms with Crippen molar-refractivity contribution in [1.29, 1.82) is 0 Å². The standard InChI is InChI=1S/C25H22F3NO2/c26-25(27,28)21-11-8-18(9-12-21)6-7-19-10-13-23-22(16-19)24(30)29(14-15-31-23)17-20-4-2-1-3-5-20/h1-5,8-13,16H,6-7,14-15,17H2. The molecule has 0 saturated carbocycles. The van der Waals surface area contributed by atoms with Crippen molar-refractivity contribution in [2.24, 2.45) is 0 Å². The molecule has 0 saturated heterocycles. The van der Waals surface area contributed by atoms with Crippen LogP contribution in [0.5, 0.6) is 5.75 Å². The Morgan fingerprint density at radius 3 is 2.23 bits per heavy atom. The molecule has 0 aromatic heterocycles. The minimum absolute atomic E-state index is 0.0762. The lowest BCUT2D eigenvalue weighted by molar-refractivity contribution is -0.137. The van der Waals surface area contributed by atoms with Crippen LogP contribution in [0.15, 0.2) is 72.8 Å². The van der Waals surface area contributed by atoms with E-state index in [2.05, 4.69) is 0 Å². The van der Waals surface area contributed by atoms with E-state index in [1.165, 1.54) is 12.1 Å². The zero-order chi connectivity index (χ0) is 21.8. The van der Waals surface area contributed by atoms with Crippen molar-refractivity contribution in [3.63, 3.8) is 0 Å².